The number of anilines is 1. The molecule has 1 amide bonds. The summed E-state index contributed by atoms with van der Waals surface area (Å²) >= 11 is 5.83. The second-order valence-electron chi connectivity index (χ2n) is 4.16. The van der Waals surface area contributed by atoms with Crippen LogP contribution >= 0.6 is 11.6 Å². The molecule has 1 unspecified atom stereocenters. The highest BCUT2D eigenvalue weighted by Gasteiger charge is 2.17. The summed E-state index contributed by atoms with van der Waals surface area (Å²) in [5.74, 6) is -1.45. The average Bonchev–Trinajstić information content (AvgIpc) is 2.87. The summed E-state index contributed by atoms with van der Waals surface area (Å²) in [6.45, 7) is 1.62. The summed E-state index contributed by atoms with van der Waals surface area (Å²) in [5, 5.41) is 15.8. The van der Waals surface area contributed by atoms with Crippen molar-refractivity contribution in [2.75, 3.05) is 5.32 Å². The molecule has 1 aromatic carbocycles. The number of hydrogen-bond acceptors (Lipinski definition) is 3. The Balaban J connectivity index is 2.10. The first-order valence-electron chi connectivity index (χ1n) is 5.82. The van der Waals surface area contributed by atoms with Crippen molar-refractivity contribution < 1.29 is 14.7 Å². The van der Waals surface area contributed by atoms with Crippen LogP contribution in [-0.2, 0) is 4.79 Å². The third-order valence-corrected chi connectivity index (χ3v) is 2.93. The largest absolute Gasteiger partial charge is 0.476 e. The lowest BCUT2D eigenvalue weighted by molar-refractivity contribution is -0.119. The number of benzene rings is 1. The van der Waals surface area contributed by atoms with Crippen LogP contribution in [0, 0.1) is 0 Å². The third-order valence-electron chi connectivity index (χ3n) is 2.70. The van der Waals surface area contributed by atoms with Crippen LogP contribution in [0.3, 0.4) is 0 Å². The fourth-order valence-corrected chi connectivity index (χ4v) is 1.79. The highest BCUT2D eigenvalue weighted by molar-refractivity contribution is 6.30. The molecule has 6 nitrogen and oxygen atoms in total. The molecule has 0 aliphatic heterocycles. The van der Waals surface area contributed by atoms with Gasteiger partial charge in [0.05, 0.1) is 0 Å². The predicted octanol–water partition coefficient (Wildman–Crippen LogP) is 2.43. The van der Waals surface area contributed by atoms with Crippen LogP contribution in [0.5, 0.6) is 0 Å². The standard InChI is InChI=1S/C13H12ClN3O3/c1-8(17-6-5-11(16-17)13(19)20)12(18)15-10-4-2-3-9(14)7-10/h2-8H,1H3,(H,15,18)(H,19,20). The highest BCUT2D eigenvalue weighted by atomic mass is 35.5. The number of carbonyl (C=O) groups excluding carboxylic acids is 1. The molecule has 0 radical (unpaired) electrons. The van der Waals surface area contributed by atoms with E-state index in [1.807, 2.05) is 0 Å². The quantitative estimate of drug-likeness (QED) is 0.907. The van der Waals surface area contributed by atoms with Crippen molar-refractivity contribution >= 4 is 29.2 Å². The predicted molar refractivity (Wildman–Crippen MR) is 74.0 cm³/mol. The first kappa shape index (κ1) is 14.1. The minimum Gasteiger partial charge on any atom is -0.476 e. The number of carboxylic acid groups (broad SMARTS) is 1. The number of carbonyl (C=O) groups is 2. The van der Waals surface area contributed by atoms with Crippen LogP contribution in [0.4, 0.5) is 5.69 Å². The Hall–Kier alpha value is -2.34. The lowest BCUT2D eigenvalue weighted by Gasteiger charge is -2.12. The number of aromatic carboxylic acids is 1. The van der Waals surface area contributed by atoms with E-state index in [-0.39, 0.29) is 11.6 Å². The SMILES string of the molecule is CC(C(=O)Nc1cccc(Cl)c1)n1ccc(C(=O)O)n1. The number of nitrogens with one attached hydrogen (secondary N) is 1. The second kappa shape index (κ2) is 5.75. The Labute approximate surface area is 120 Å². The number of rotatable bonds is 4. The van der Waals surface area contributed by atoms with E-state index in [1.54, 1.807) is 31.2 Å². The smallest absolute Gasteiger partial charge is 0.356 e. The van der Waals surface area contributed by atoms with Gasteiger partial charge in [0, 0.05) is 16.9 Å². The van der Waals surface area contributed by atoms with Gasteiger partial charge in [0.1, 0.15) is 6.04 Å². The van der Waals surface area contributed by atoms with E-state index in [9.17, 15) is 9.59 Å². The number of halogens is 1. The Morgan fingerprint density at radius 1 is 1.40 bits per heavy atom. The van der Waals surface area contributed by atoms with E-state index in [2.05, 4.69) is 10.4 Å². The van der Waals surface area contributed by atoms with Crippen molar-refractivity contribution in [3.8, 4) is 0 Å². The van der Waals surface area contributed by atoms with Crippen molar-refractivity contribution in [2.45, 2.75) is 13.0 Å². The van der Waals surface area contributed by atoms with Gasteiger partial charge in [0.25, 0.3) is 0 Å². The molecule has 2 rings (SSSR count). The van der Waals surface area contributed by atoms with Crippen molar-refractivity contribution in [3.05, 3.63) is 47.2 Å². The van der Waals surface area contributed by atoms with Gasteiger partial charge < -0.3 is 10.4 Å². The van der Waals surface area contributed by atoms with Crippen LogP contribution in [0.25, 0.3) is 0 Å². The lowest BCUT2D eigenvalue weighted by Crippen LogP contribution is -2.24. The van der Waals surface area contributed by atoms with Crippen molar-refractivity contribution in [3.63, 3.8) is 0 Å². The van der Waals surface area contributed by atoms with Crippen LogP contribution in [0.1, 0.15) is 23.5 Å². The first-order chi connectivity index (χ1) is 9.47. The zero-order valence-corrected chi connectivity index (χ0v) is 11.3. The van der Waals surface area contributed by atoms with Gasteiger partial charge in [-0.1, -0.05) is 17.7 Å². The number of carboxylic acids is 1. The average molecular weight is 294 g/mol. The molecule has 2 N–H and O–H groups in total. The van der Waals surface area contributed by atoms with E-state index in [4.69, 9.17) is 16.7 Å². The maximum absolute atomic E-state index is 12.0. The van der Waals surface area contributed by atoms with E-state index >= 15 is 0 Å². The second-order valence-corrected chi connectivity index (χ2v) is 4.60. The fraction of sp³-hybridized carbons (Fsp3) is 0.154. The summed E-state index contributed by atoms with van der Waals surface area (Å²) in [4.78, 5) is 22.8. The lowest BCUT2D eigenvalue weighted by atomic mass is 10.2. The Morgan fingerprint density at radius 2 is 2.15 bits per heavy atom. The normalized spacial score (nSPS) is 11.9. The van der Waals surface area contributed by atoms with Crippen molar-refractivity contribution in [1.29, 1.82) is 0 Å². The Bertz CT molecular complexity index is 654. The molecule has 7 heteroatoms. The van der Waals surface area contributed by atoms with E-state index in [0.717, 1.165) is 0 Å². The van der Waals surface area contributed by atoms with Gasteiger partial charge in [-0.05, 0) is 31.2 Å². The van der Waals surface area contributed by atoms with Crippen LogP contribution in [0.15, 0.2) is 36.5 Å². The molecule has 0 bridgehead atoms. The molecular weight excluding hydrogens is 282 g/mol. The minimum absolute atomic E-state index is 0.104. The van der Waals surface area contributed by atoms with Crippen LogP contribution in [-0.4, -0.2) is 26.8 Å². The van der Waals surface area contributed by atoms with Crippen molar-refractivity contribution in [2.24, 2.45) is 0 Å². The van der Waals surface area contributed by atoms with Gasteiger partial charge in [-0.2, -0.15) is 5.10 Å². The molecule has 0 fully saturated rings. The zero-order valence-electron chi connectivity index (χ0n) is 10.6. The molecule has 1 aromatic heterocycles. The summed E-state index contributed by atoms with van der Waals surface area (Å²) in [7, 11) is 0. The van der Waals surface area contributed by atoms with E-state index < -0.39 is 12.0 Å². The van der Waals surface area contributed by atoms with Gasteiger partial charge in [0.15, 0.2) is 5.69 Å². The minimum atomic E-state index is -1.13. The number of nitrogens with zero attached hydrogens (tertiary/aromatic N) is 2. The molecule has 0 spiro atoms. The number of amides is 1. The summed E-state index contributed by atoms with van der Waals surface area (Å²) in [6, 6.07) is 7.46. The maximum Gasteiger partial charge on any atom is 0.356 e. The Morgan fingerprint density at radius 3 is 2.75 bits per heavy atom. The summed E-state index contributed by atoms with van der Waals surface area (Å²) < 4.78 is 1.29. The van der Waals surface area contributed by atoms with Gasteiger partial charge in [-0.15, -0.1) is 0 Å². The molecule has 0 aliphatic carbocycles. The summed E-state index contributed by atoms with van der Waals surface area (Å²) in [5.41, 5.74) is 0.465. The maximum atomic E-state index is 12.0. The fourth-order valence-electron chi connectivity index (χ4n) is 1.60. The van der Waals surface area contributed by atoms with Crippen LogP contribution in [0.2, 0.25) is 5.02 Å². The van der Waals surface area contributed by atoms with E-state index in [1.165, 1.54) is 16.9 Å². The number of hydrogen-bond donors (Lipinski definition) is 2. The van der Waals surface area contributed by atoms with Gasteiger partial charge >= 0.3 is 5.97 Å². The molecule has 2 aromatic rings. The molecule has 20 heavy (non-hydrogen) atoms. The van der Waals surface area contributed by atoms with Gasteiger partial charge in [-0.3, -0.25) is 9.48 Å². The molecule has 0 saturated heterocycles. The van der Waals surface area contributed by atoms with Gasteiger partial charge in [0.2, 0.25) is 5.91 Å². The van der Waals surface area contributed by atoms with Crippen molar-refractivity contribution in [1.82, 2.24) is 9.78 Å². The van der Waals surface area contributed by atoms with E-state index in [0.29, 0.717) is 10.7 Å². The third kappa shape index (κ3) is 3.16. The molecule has 0 saturated carbocycles. The zero-order chi connectivity index (χ0) is 14.7. The Kier molecular flexibility index (Phi) is 4.05. The highest BCUT2D eigenvalue weighted by Crippen LogP contribution is 2.16. The monoisotopic (exact) mass is 293 g/mol. The molecule has 1 heterocycles. The van der Waals surface area contributed by atoms with Crippen LogP contribution < -0.4 is 5.32 Å². The topological polar surface area (TPSA) is 84.2 Å². The van der Waals surface area contributed by atoms with Gasteiger partial charge in [-0.25, -0.2) is 4.79 Å². The molecular formula is C13H12ClN3O3. The molecule has 104 valence electrons. The molecule has 0 aliphatic rings. The summed E-state index contributed by atoms with van der Waals surface area (Å²) in [6.07, 6.45) is 1.45. The first-order valence-corrected chi connectivity index (χ1v) is 6.20. The molecule has 1 atom stereocenters. The number of aromatic nitrogens is 2.